The Kier molecular flexibility index (Phi) is 4.03. The minimum atomic E-state index is -0.357. The molecule has 0 spiro atoms. The van der Waals surface area contributed by atoms with Crippen LogP contribution in [0.1, 0.15) is 29.6 Å². The minimum Gasteiger partial charge on any atom is -0.486 e. The summed E-state index contributed by atoms with van der Waals surface area (Å²) in [6.07, 6.45) is 2.52. The van der Waals surface area contributed by atoms with Crippen LogP contribution in [-0.2, 0) is 9.57 Å². The molecule has 2 aliphatic rings. The molecule has 1 aromatic carbocycles. The predicted octanol–water partition coefficient (Wildman–Crippen LogP) is 1.65. The van der Waals surface area contributed by atoms with Crippen LogP contribution < -0.4 is 15.0 Å². The lowest BCUT2D eigenvalue weighted by Gasteiger charge is -2.22. The van der Waals surface area contributed by atoms with E-state index in [4.69, 9.17) is 19.0 Å². The highest BCUT2D eigenvalue weighted by Crippen LogP contribution is 2.30. The molecule has 1 amide bonds. The van der Waals surface area contributed by atoms with E-state index in [0.717, 1.165) is 19.3 Å². The van der Waals surface area contributed by atoms with Crippen LogP contribution in [0.15, 0.2) is 18.2 Å². The van der Waals surface area contributed by atoms with E-state index in [2.05, 4.69) is 5.48 Å². The van der Waals surface area contributed by atoms with Crippen molar-refractivity contribution in [2.45, 2.75) is 25.6 Å². The summed E-state index contributed by atoms with van der Waals surface area (Å²) >= 11 is 0. The number of fused-ring (bicyclic) bond motifs is 1. The Balaban J connectivity index is 1.59. The Morgan fingerprint density at radius 3 is 2.80 bits per heavy atom. The molecule has 1 fully saturated rings. The molecule has 0 saturated carbocycles. The Bertz CT molecular complexity index is 484. The van der Waals surface area contributed by atoms with E-state index >= 15 is 0 Å². The maximum atomic E-state index is 12.0. The number of carbonyl (C=O) groups excluding carboxylic acids is 1. The first-order valence-corrected chi connectivity index (χ1v) is 6.80. The summed E-state index contributed by atoms with van der Waals surface area (Å²) in [7, 11) is 0. The van der Waals surface area contributed by atoms with Crippen LogP contribution in [0.25, 0.3) is 0 Å². The maximum absolute atomic E-state index is 12.0. The Morgan fingerprint density at radius 1 is 1.15 bits per heavy atom. The normalized spacial score (nSPS) is 21.3. The highest BCUT2D eigenvalue weighted by Gasteiger charge is 2.18. The van der Waals surface area contributed by atoms with E-state index in [0.29, 0.717) is 36.9 Å². The summed E-state index contributed by atoms with van der Waals surface area (Å²) in [4.78, 5) is 17.2. The predicted molar refractivity (Wildman–Crippen MR) is 69.6 cm³/mol. The lowest BCUT2D eigenvalue weighted by atomic mass is 10.2. The fourth-order valence-corrected chi connectivity index (χ4v) is 2.17. The molecule has 1 aromatic rings. The Hall–Kier alpha value is -1.79. The van der Waals surface area contributed by atoms with Gasteiger partial charge < -0.3 is 14.2 Å². The van der Waals surface area contributed by atoms with Crippen molar-refractivity contribution in [1.29, 1.82) is 0 Å². The van der Waals surface area contributed by atoms with Gasteiger partial charge in [-0.1, -0.05) is 0 Å². The lowest BCUT2D eigenvalue weighted by Crippen LogP contribution is -2.33. The molecule has 2 heterocycles. The molecule has 2 aliphatic heterocycles. The molecule has 3 rings (SSSR count). The molecule has 0 aromatic heterocycles. The van der Waals surface area contributed by atoms with Gasteiger partial charge >= 0.3 is 0 Å². The second-order valence-corrected chi connectivity index (χ2v) is 4.70. The summed E-state index contributed by atoms with van der Waals surface area (Å²) in [5.74, 6) is 0.915. The van der Waals surface area contributed by atoms with Gasteiger partial charge in [0.1, 0.15) is 13.2 Å². The molecule has 0 bridgehead atoms. The lowest BCUT2D eigenvalue weighted by molar-refractivity contribution is -0.186. The standard InChI is InChI=1S/C14H17NO5/c16-14(15-20-13-3-1-2-6-19-13)10-4-5-11-12(9-10)18-8-7-17-11/h4-5,9,13H,1-3,6-8H2,(H,15,16)/t13-/m0/s1. The molecule has 0 aliphatic carbocycles. The van der Waals surface area contributed by atoms with Gasteiger partial charge in [0.25, 0.3) is 5.91 Å². The van der Waals surface area contributed by atoms with Crippen LogP contribution in [0.2, 0.25) is 0 Å². The van der Waals surface area contributed by atoms with Crippen molar-refractivity contribution in [2.24, 2.45) is 0 Å². The quantitative estimate of drug-likeness (QED) is 0.852. The molecule has 0 unspecified atom stereocenters. The van der Waals surface area contributed by atoms with Crippen LogP contribution in [0.4, 0.5) is 0 Å². The van der Waals surface area contributed by atoms with Crippen LogP contribution >= 0.6 is 0 Å². The number of rotatable bonds is 3. The number of benzene rings is 1. The topological polar surface area (TPSA) is 66.0 Å². The van der Waals surface area contributed by atoms with Crippen molar-refractivity contribution >= 4 is 5.91 Å². The second-order valence-electron chi connectivity index (χ2n) is 4.70. The molecule has 1 saturated heterocycles. The minimum absolute atomic E-state index is 0.323. The molecule has 108 valence electrons. The van der Waals surface area contributed by atoms with E-state index in [1.54, 1.807) is 18.2 Å². The number of hydrogen-bond donors (Lipinski definition) is 1. The number of hydrogen-bond acceptors (Lipinski definition) is 5. The van der Waals surface area contributed by atoms with Crippen molar-refractivity contribution in [3.63, 3.8) is 0 Å². The van der Waals surface area contributed by atoms with Crippen molar-refractivity contribution in [2.75, 3.05) is 19.8 Å². The summed E-state index contributed by atoms with van der Waals surface area (Å²) in [6, 6.07) is 5.05. The molecular weight excluding hydrogens is 262 g/mol. The van der Waals surface area contributed by atoms with Gasteiger partial charge in [0.05, 0.1) is 0 Å². The van der Waals surface area contributed by atoms with Crippen molar-refractivity contribution in [1.82, 2.24) is 5.48 Å². The first-order valence-electron chi connectivity index (χ1n) is 6.80. The number of carbonyl (C=O) groups is 1. The highest BCUT2D eigenvalue weighted by molar-refractivity contribution is 5.94. The molecule has 0 radical (unpaired) electrons. The first-order chi connectivity index (χ1) is 9.83. The summed E-state index contributed by atoms with van der Waals surface area (Å²) in [5.41, 5.74) is 2.88. The summed E-state index contributed by atoms with van der Waals surface area (Å²) in [5, 5.41) is 0. The second kappa shape index (κ2) is 6.11. The van der Waals surface area contributed by atoms with Crippen LogP contribution in [0.3, 0.4) is 0 Å². The van der Waals surface area contributed by atoms with E-state index in [-0.39, 0.29) is 12.2 Å². The van der Waals surface area contributed by atoms with Crippen LogP contribution in [0.5, 0.6) is 11.5 Å². The third kappa shape index (κ3) is 3.02. The molecule has 1 atom stereocenters. The van der Waals surface area contributed by atoms with Crippen molar-refractivity contribution in [3.8, 4) is 11.5 Å². The van der Waals surface area contributed by atoms with Gasteiger partial charge in [-0.05, 0) is 31.0 Å². The SMILES string of the molecule is O=C(NO[C@H]1CCCCO1)c1ccc2c(c1)OCCO2. The zero-order valence-electron chi connectivity index (χ0n) is 11.1. The van der Waals surface area contributed by atoms with E-state index < -0.39 is 0 Å². The Morgan fingerprint density at radius 2 is 2.00 bits per heavy atom. The average molecular weight is 279 g/mol. The maximum Gasteiger partial charge on any atom is 0.275 e. The van der Waals surface area contributed by atoms with Gasteiger partial charge in [0, 0.05) is 18.6 Å². The fourth-order valence-electron chi connectivity index (χ4n) is 2.17. The van der Waals surface area contributed by atoms with Gasteiger partial charge in [-0.15, -0.1) is 0 Å². The van der Waals surface area contributed by atoms with Crippen molar-refractivity contribution in [3.05, 3.63) is 23.8 Å². The molecule has 6 heteroatoms. The average Bonchev–Trinajstić information content (AvgIpc) is 2.53. The molecule has 1 N–H and O–H groups in total. The van der Waals surface area contributed by atoms with Crippen molar-refractivity contribution < 1.29 is 23.8 Å². The zero-order chi connectivity index (χ0) is 13.8. The monoisotopic (exact) mass is 279 g/mol. The van der Waals surface area contributed by atoms with Gasteiger partial charge in [-0.3, -0.25) is 4.79 Å². The molecular formula is C14H17NO5. The van der Waals surface area contributed by atoms with Crippen LogP contribution in [-0.4, -0.2) is 32.0 Å². The Labute approximate surface area is 116 Å². The third-order valence-electron chi connectivity index (χ3n) is 3.23. The summed E-state index contributed by atoms with van der Waals surface area (Å²) < 4.78 is 16.2. The highest BCUT2D eigenvalue weighted by atomic mass is 16.8. The van der Waals surface area contributed by atoms with Gasteiger partial charge in [0.2, 0.25) is 0 Å². The number of nitrogens with one attached hydrogen (secondary N) is 1. The van der Waals surface area contributed by atoms with Gasteiger partial charge in [-0.25, -0.2) is 10.3 Å². The number of amides is 1. The first kappa shape index (κ1) is 13.2. The zero-order valence-corrected chi connectivity index (χ0v) is 11.1. The van der Waals surface area contributed by atoms with Crippen LogP contribution in [0, 0.1) is 0 Å². The van der Waals surface area contributed by atoms with E-state index in [1.165, 1.54) is 0 Å². The van der Waals surface area contributed by atoms with E-state index in [1.807, 2.05) is 0 Å². The third-order valence-corrected chi connectivity index (χ3v) is 3.23. The molecule has 6 nitrogen and oxygen atoms in total. The number of ether oxygens (including phenoxy) is 3. The molecule has 20 heavy (non-hydrogen) atoms. The fraction of sp³-hybridized carbons (Fsp3) is 0.500. The smallest absolute Gasteiger partial charge is 0.275 e. The summed E-state index contributed by atoms with van der Waals surface area (Å²) in [6.45, 7) is 1.69. The van der Waals surface area contributed by atoms with Gasteiger partial charge in [0.15, 0.2) is 17.8 Å². The van der Waals surface area contributed by atoms with Gasteiger partial charge in [-0.2, -0.15) is 0 Å². The van der Waals surface area contributed by atoms with E-state index in [9.17, 15) is 4.79 Å². The number of hydroxylamine groups is 1. The largest absolute Gasteiger partial charge is 0.486 e.